The Labute approximate surface area is 233 Å². The number of fused-ring (bicyclic) bond motifs is 4. The number of nitrogen functional groups attached to an aromatic ring is 2. The standard InChI is InChI=1S/C19H24N8O13P2/c20-9-1-2-26(19(30)25-9)18-14-11(28)7(37-18)3-35-41(31,32)39-13-8(4-36-42(33,34)40-14)38-17(12(13)29)27-6-24-10-15(21)22-5-23-16(10)27/h1-2,5-8,11-14,17-18,28-29H,3-4H2,(H,31,32)(H,33,34)(H2,20,25,30)(H2,21,22,23)/t7-,8-,11-,12-,13-,14-,17-,18-/m1/s1. The van der Waals surface area contributed by atoms with Crippen LogP contribution in [0.3, 0.4) is 0 Å². The number of nitrogens with zero attached hydrogens (tertiary/aromatic N) is 6. The minimum Gasteiger partial charge on any atom is -0.387 e. The van der Waals surface area contributed by atoms with E-state index in [0.29, 0.717) is 0 Å². The van der Waals surface area contributed by atoms with Crippen molar-refractivity contribution in [1.82, 2.24) is 29.1 Å². The Balaban J connectivity index is 1.31. The monoisotopic (exact) mass is 634 g/mol. The van der Waals surface area contributed by atoms with Gasteiger partial charge in [-0.25, -0.2) is 28.9 Å². The third-order valence-electron chi connectivity index (χ3n) is 6.72. The highest BCUT2D eigenvalue weighted by molar-refractivity contribution is 7.47. The molecule has 0 amide bonds. The van der Waals surface area contributed by atoms with Gasteiger partial charge in [0.05, 0.1) is 19.5 Å². The molecule has 6 heterocycles. The average Bonchev–Trinajstić information content (AvgIpc) is 3.57. The topological polar surface area (TPSA) is 301 Å². The first kappa shape index (κ1) is 29.2. The Morgan fingerprint density at radius 1 is 0.881 bits per heavy atom. The van der Waals surface area contributed by atoms with Gasteiger partial charge in [0.1, 0.15) is 54.3 Å². The van der Waals surface area contributed by atoms with Crippen molar-refractivity contribution in [3.8, 4) is 0 Å². The van der Waals surface area contributed by atoms with Crippen molar-refractivity contribution in [2.75, 3.05) is 24.7 Å². The molecule has 3 aliphatic heterocycles. The summed E-state index contributed by atoms with van der Waals surface area (Å²) in [5.41, 5.74) is 10.7. The molecule has 6 rings (SSSR count). The van der Waals surface area contributed by atoms with Crippen LogP contribution < -0.4 is 17.2 Å². The fourth-order valence-electron chi connectivity index (χ4n) is 4.79. The maximum absolute atomic E-state index is 13.0. The molecule has 3 aliphatic rings. The van der Waals surface area contributed by atoms with Crippen molar-refractivity contribution < 1.29 is 56.7 Å². The van der Waals surface area contributed by atoms with Crippen LogP contribution in [0.1, 0.15) is 12.5 Å². The lowest BCUT2D eigenvalue weighted by molar-refractivity contribution is -0.0693. The SMILES string of the molecule is Nc1ccn([C@@H]2O[C@@H]3COP(=O)(O)O[C@H]4[C@@H](O)[C@H](n5cnc6c(N)ncnc65)O[C@@H]4COP(=O)(O)O[C@@H]2[C@@H]3O)c(=O)n1. The van der Waals surface area contributed by atoms with Gasteiger partial charge in [-0.15, -0.1) is 0 Å². The molecular formula is C19H24N8O13P2. The third kappa shape index (κ3) is 5.34. The van der Waals surface area contributed by atoms with Gasteiger partial charge in [0.15, 0.2) is 23.9 Å². The highest BCUT2D eigenvalue weighted by atomic mass is 31.2. The summed E-state index contributed by atoms with van der Waals surface area (Å²) in [7, 11) is -10.1. The molecule has 8 N–H and O–H groups in total. The summed E-state index contributed by atoms with van der Waals surface area (Å²) < 4.78 is 60.0. The van der Waals surface area contributed by atoms with Crippen molar-refractivity contribution in [2.45, 2.75) is 49.1 Å². The maximum Gasteiger partial charge on any atom is 0.472 e. The molecule has 2 unspecified atom stereocenters. The van der Waals surface area contributed by atoms with Gasteiger partial charge in [0.2, 0.25) is 0 Å². The zero-order valence-electron chi connectivity index (χ0n) is 21.0. The Morgan fingerprint density at radius 2 is 1.55 bits per heavy atom. The summed E-state index contributed by atoms with van der Waals surface area (Å²) in [6.45, 7) is -1.66. The number of phosphoric ester groups is 2. The molecule has 2 bridgehead atoms. The van der Waals surface area contributed by atoms with Gasteiger partial charge in [-0.3, -0.25) is 27.2 Å². The van der Waals surface area contributed by atoms with E-state index in [9.17, 15) is 33.9 Å². The van der Waals surface area contributed by atoms with E-state index in [0.717, 1.165) is 17.1 Å². The predicted octanol–water partition coefficient (Wildman–Crippen LogP) is -2.22. The highest BCUT2D eigenvalue weighted by Gasteiger charge is 2.53. The van der Waals surface area contributed by atoms with Crippen molar-refractivity contribution in [3.05, 3.63) is 35.4 Å². The molecule has 3 fully saturated rings. The lowest BCUT2D eigenvalue weighted by Gasteiger charge is -2.25. The van der Waals surface area contributed by atoms with Gasteiger partial charge in [-0.05, 0) is 6.07 Å². The number of anilines is 2. The first-order valence-corrected chi connectivity index (χ1v) is 15.1. The van der Waals surface area contributed by atoms with Gasteiger partial charge in [0, 0.05) is 6.20 Å². The lowest BCUT2D eigenvalue weighted by Crippen LogP contribution is -2.38. The maximum atomic E-state index is 13.0. The van der Waals surface area contributed by atoms with Gasteiger partial charge in [0.25, 0.3) is 0 Å². The number of nitrogens with two attached hydrogens (primary N) is 2. The Hall–Kier alpha value is -2.91. The van der Waals surface area contributed by atoms with Crippen LogP contribution in [0.15, 0.2) is 29.7 Å². The second-order valence-corrected chi connectivity index (χ2v) is 12.2. The van der Waals surface area contributed by atoms with Crippen molar-refractivity contribution in [2.24, 2.45) is 0 Å². The number of aliphatic hydroxyl groups excluding tert-OH is 2. The second kappa shape index (κ2) is 10.7. The highest BCUT2D eigenvalue weighted by Crippen LogP contribution is 2.53. The quantitative estimate of drug-likeness (QED) is 0.163. The number of ether oxygens (including phenoxy) is 2. The Kier molecular flexibility index (Phi) is 7.41. The average molecular weight is 634 g/mol. The van der Waals surface area contributed by atoms with Gasteiger partial charge < -0.3 is 40.9 Å². The van der Waals surface area contributed by atoms with E-state index in [1.807, 2.05) is 0 Å². The number of imidazole rings is 1. The van der Waals surface area contributed by atoms with Crippen LogP contribution in [0, 0.1) is 0 Å². The zero-order valence-corrected chi connectivity index (χ0v) is 22.8. The first-order chi connectivity index (χ1) is 19.8. The molecule has 3 aromatic rings. The summed E-state index contributed by atoms with van der Waals surface area (Å²) in [5, 5.41) is 21.9. The first-order valence-electron chi connectivity index (χ1n) is 12.1. The normalized spacial score (nSPS) is 39.3. The van der Waals surface area contributed by atoms with E-state index in [1.54, 1.807) is 0 Å². The number of phosphoric acid groups is 2. The molecule has 0 spiro atoms. The molecule has 0 saturated carbocycles. The van der Waals surface area contributed by atoms with E-state index >= 15 is 0 Å². The van der Waals surface area contributed by atoms with Gasteiger partial charge >= 0.3 is 21.3 Å². The third-order valence-corrected chi connectivity index (χ3v) is 8.69. The van der Waals surface area contributed by atoms with Crippen LogP contribution >= 0.6 is 15.6 Å². The van der Waals surface area contributed by atoms with E-state index in [-0.39, 0.29) is 22.8 Å². The summed E-state index contributed by atoms with van der Waals surface area (Å²) in [6.07, 6.45) is -9.24. The Morgan fingerprint density at radius 3 is 2.26 bits per heavy atom. The molecule has 0 radical (unpaired) electrons. The van der Waals surface area contributed by atoms with Crippen LogP contribution in [-0.2, 0) is 36.7 Å². The molecule has 10 atom stereocenters. The minimum absolute atomic E-state index is 0.0364. The van der Waals surface area contributed by atoms with Crippen molar-refractivity contribution >= 4 is 38.4 Å². The summed E-state index contributed by atoms with van der Waals surface area (Å²) in [6, 6.07) is 1.23. The van der Waals surface area contributed by atoms with Gasteiger partial charge in [-0.1, -0.05) is 0 Å². The Bertz CT molecular complexity index is 1660. The number of hydrogen-bond acceptors (Lipinski definition) is 17. The van der Waals surface area contributed by atoms with Crippen molar-refractivity contribution in [1.29, 1.82) is 0 Å². The molecule has 3 saturated heterocycles. The number of hydrogen-bond donors (Lipinski definition) is 6. The summed E-state index contributed by atoms with van der Waals surface area (Å²) in [5.74, 6) is -0.0932. The van der Waals surface area contributed by atoms with E-state index in [1.165, 1.54) is 17.0 Å². The predicted molar refractivity (Wildman–Crippen MR) is 134 cm³/mol. The van der Waals surface area contributed by atoms with Crippen LogP contribution in [0.2, 0.25) is 0 Å². The molecular weight excluding hydrogens is 610 g/mol. The molecule has 228 valence electrons. The van der Waals surface area contributed by atoms with Crippen LogP contribution in [0.4, 0.5) is 11.6 Å². The van der Waals surface area contributed by atoms with E-state index < -0.39 is 83.6 Å². The number of aromatic nitrogens is 6. The molecule has 0 aromatic carbocycles. The van der Waals surface area contributed by atoms with E-state index in [4.69, 9.17) is 39.0 Å². The lowest BCUT2D eigenvalue weighted by atomic mass is 10.1. The molecule has 23 heteroatoms. The minimum atomic E-state index is -5.09. The largest absolute Gasteiger partial charge is 0.472 e. The fourth-order valence-corrected chi connectivity index (χ4v) is 6.68. The number of rotatable bonds is 2. The van der Waals surface area contributed by atoms with E-state index in [2.05, 4.69) is 19.9 Å². The molecule has 0 aliphatic carbocycles. The van der Waals surface area contributed by atoms with Crippen LogP contribution in [-0.4, -0.2) is 98.9 Å². The van der Waals surface area contributed by atoms with Gasteiger partial charge in [-0.2, -0.15) is 4.98 Å². The molecule has 21 nitrogen and oxygen atoms in total. The van der Waals surface area contributed by atoms with Crippen LogP contribution in [0.25, 0.3) is 11.2 Å². The fraction of sp³-hybridized carbons (Fsp3) is 0.526. The second-order valence-electron chi connectivity index (χ2n) is 9.41. The smallest absolute Gasteiger partial charge is 0.387 e. The summed E-state index contributed by atoms with van der Waals surface area (Å²) >= 11 is 0. The molecule has 42 heavy (non-hydrogen) atoms. The molecule has 3 aromatic heterocycles. The zero-order chi connectivity index (χ0) is 30.0. The summed E-state index contributed by atoms with van der Waals surface area (Å²) in [4.78, 5) is 49.0. The number of aliphatic hydroxyl groups is 2. The van der Waals surface area contributed by atoms with Crippen molar-refractivity contribution in [3.63, 3.8) is 0 Å². The van der Waals surface area contributed by atoms with Crippen LogP contribution in [0.5, 0.6) is 0 Å².